The predicted molar refractivity (Wildman–Crippen MR) is 139 cm³/mol. The highest BCUT2D eigenvalue weighted by atomic mass is 16.6. The number of carbonyl (C=O) groups excluding carboxylic acids is 3. The SMILES string of the molecule is CC(C)CN(C(=O)c1nc2ccccc2[nH]1)C1CC(C(=O)N2CCOCC2)CN(C(=O)OC(C)(C)C)C1. The van der Waals surface area contributed by atoms with Gasteiger partial charge in [0, 0.05) is 32.7 Å². The Bertz CT molecular complexity index is 1080. The second-order valence-electron chi connectivity index (χ2n) is 11.4. The van der Waals surface area contributed by atoms with Crippen molar-refractivity contribution in [1.29, 1.82) is 0 Å². The monoisotopic (exact) mass is 513 g/mol. The zero-order chi connectivity index (χ0) is 26.7. The van der Waals surface area contributed by atoms with Gasteiger partial charge in [-0.1, -0.05) is 26.0 Å². The van der Waals surface area contributed by atoms with Crippen LogP contribution in [0, 0.1) is 11.8 Å². The molecule has 2 fully saturated rings. The summed E-state index contributed by atoms with van der Waals surface area (Å²) in [7, 11) is 0. The Kier molecular flexibility index (Phi) is 8.06. The quantitative estimate of drug-likeness (QED) is 0.658. The van der Waals surface area contributed by atoms with Crippen LogP contribution in [-0.4, -0.2) is 100 Å². The van der Waals surface area contributed by atoms with Gasteiger partial charge in [0.2, 0.25) is 5.91 Å². The largest absolute Gasteiger partial charge is 0.444 e. The molecule has 37 heavy (non-hydrogen) atoms. The highest BCUT2D eigenvalue weighted by Gasteiger charge is 2.41. The number of ether oxygens (including phenoxy) is 2. The highest BCUT2D eigenvalue weighted by molar-refractivity contribution is 5.94. The van der Waals surface area contributed by atoms with Crippen molar-refractivity contribution in [2.75, 3.05) is 45.9 Å². The van der Waals surface area contributed by atoms with Crippen LogP contribution in [-0.2, 0) is 14.3 Å². The fourth-order valence-corrected chi connectivity index (χ4v) is 4.98. The third kappa shape index (κ3) is 6.60. The van der Waals surface area contributed by atoms with Crippen LogP contribution < -0.4 is 0 Å². The van der Waals surface area contributed by atoms with Gasteiger partial charge in [0.05, 0.1) is 36.2 Å². The molecule has 1 aromatic heterocycles. The second-order valence-corrected chi connectivity index (χ2v) is 11.4. The molecule has 4 rings (SSSR count). The molecule has 3 amide bonds. The molecule has 3 heterocycles. The van der Waals surface area contributed by atoms with E-state index in [0.717, 1.165) is 11.0 Å². The molecule has 2 saturated heterocycles. The summed E-state index contributed by atoms with van der Waals surface area (Å²) in [6.45, 7) is 12.6. The minimum absolute atomic E-state index is 0.0118. The number of nitrogens with zero attached hydrogens (tertiary/aromatic N) is 4. The van der Waals surface area contributed by atoms with Crippen molar-refractivity contribution in [1.82, 2.24) is 24.7 Å². The molecule has 2 aromatic rings. The van der Waals surface area contributed by atoms with Crippen molar-refractivity contribution in [2.45, 2.75) is 52.7 Å². The number of aromatic nitrogens is 2. The summed E-state index contributed by atoms with van der Waals surface area (Å²) in [4.78, 5) is 53.3. The van der Waals surface area contributed by atoms with Crippen molar-refractivity contribution in [3.8, 4) is 0 Å². The Morgan fingerprint density at radius 2 is 1.84 bits per heavy atom. The molecule has 0 saturated carbocycles. The summed E-state index contributed by atoms with van der Waals surface area (Å²) in [6.07, 6.45) is -0.00794. The van der Waals surface area contributed by atoms with E-state index in [-0.39, 0.29) is 36.1 Å². The van der Waals surface area contributed by atoms with E-state index >= 15 is 0 Å². The number of benzene rings is 1. The molecule has 0 radical (unpaired) electrons. The minimum atomic E-state index is -0.671. The van der Waals surface area contributed by atoms with Crippen LogP contribution in [0.4, 0.5) is 4.79 Å². The Morgan fingerprint density at radius 1 is 1.14 bits per heavy atom. The molecular formula is C27H39N5O5. The number of hydrogen-bond acceptors (Lipinski definition) is 6. The second kappa shape index (κ2) is 11.1. The molecule has 0 spiro atoms. The number of imidazole rings is 1. The maximum Gasteiger partial charge on any atom is 0.410 e. The minimum Gasteiger partial charge on any atom is -0.444 e. The van der Waals surface area contributed by atoms with Gasteiger partial charge >= 0.3 is 6.09 Å². The molecule has 0 bridgehead atoms. The van der Waals surface area contributed by atoms with Crippen LogP contribution in [0.3, 0.4) is 0 Å². The molecule has 10 heteroatoms. The number of hydrogen-bond donors (Lipinski definition) is 1. The van der Waals surface area contributed by atoms with Gasteiger partial charge in [-0.3, -0.25) is 9.59 Å². The topological polar surface area (TPSA) is 108 Å². The molecule has 1 aromatic carbocycles. The van der Waals surface area contributed by atoms with E-state index in [4.69, 9.17) is 9.47 Å². The predicted octanol–water partition coefficient (Wildman–Crippen LogP) is 3.15. The van der Waals surface area contributed by atoms with Crippen molar-refractivity contribution >= 4 is 28.9 Å². The molecule has 2 atom stereocenters. The maximum atomic E-state index is 13.8. The van der Waals surface area contributed by atoms with Gasteiger partial charge in [-0.15, -0.1) is 0 Å². The number of para-hydroxylation sites is 2. The zero-order valence-electron chi connectivity index (χ0n) is 22.5. The Morgan fingerprint density at radius 3 is 2.49 bits per heavy atom. The first-order valence-electron chi connectivity index (χ1n) is 13.1. The van der Waals surface area contributed by atoms with Gasteiger partial charge in [0.1, 0.15) is 5.60 Å². The van der Waals surface area contributed by atoms with E-state index in [1.54, 1.807) is 14.7 Å². The fraction of sp³-hybridized carbons (Fsp3) is 0.630. The molecule has 10 nitrogen and oxygen atoms in total. The normalized spacial score (nSPS) is 20.8. The van der Waals surface area contributed by atoms with Gasteiger partial charge in [-0.2, -0.15) is 0 Å². The third-order valence-electron chi connectivity index (χ3n) is 6.61. The Hall–Kier alpha value is -3.14. The summed E-state index contributed by atoms with van der Waals surface area (Å²) in [6, 6.07) is 7.15. The first-order valence-corrected chi connectivity index (χ1v) is 13.1. The van der Waals surface area contributed by atoms with E-state index in [0.29, 0.717) is 45.8 Å². The van der Waals surface area contributed by atoms with Gasteiger partial charge in [-0.05, 0) is 45.2 Å². The number of aromatic amines is 1. The van der Waals surface area contributed by atoms with E-state index in [1.807, 2.05) is 58.9 Å². The molecular weight excluding hydrogens is 474 g/mol. The fourth-order valence-electron chi connectivity index (χ4n) is 4.98. The molecule has 2 unspecified atom stereocenters. The van der Waals surface area contributed by atoms with Crippen LogP contribution in [0.5, 0.6) is 0 Å². The van der Waals surface area contributed by atoms with Gasteiger partial charge in [-0.25, -0.2) is 9.78 Å². The van der Waals surface area contributed by atoms with Crippen LogP contribution in [0.25, 0.3) is 11.0 Å². The number of H-pyrrole nitrogens is 1. The summed E-state index contributed by atoms with van der Waals surface area (Å²) in [5.41, 5.74) is 0.833. The summed E-state index contributed by atoms with van der Waals surface area (Å²) in [5.74, 6) is -0.255. The number of morpholine rings is 1. The number of fused-ring (bicyclic) bond motifs is 1. The van der Waals surface area contributed by atoms with Crippen LogP contribution in [0.2, 0.25) is 0 Å². The molecule has 2 aliphatic rings. The van der Waals surface area contributed by atoms with E-state index in [1.165, 1.54) is 0 Å². The lowest BCUT2D eigenvalue weighted by atomic mass is 9.91. The van der Waals surface area contributed by atoms with Gasteiger partial charge < -0.3 is 29.2 Å². The summed E-state index contributed by atoms with van der Waals surface area (Å²) in [5, 5.41) is 0. The van der Waals surface area contributed by atoms with Crippen molar-refractivity contribution < 1.29 is 23.9 Å². The number of amides is 3. The van der Waals surface area contributed by atoms with E-state index in [2.05, 4.69) is 9.97 Å². The number of rotatable bonds is 5. The van der Waals surface area contributed by atoms with Crippen LogP contribution in [0.15, 0.2) is 24.3 Å². The number of carbonyl (C=O) groups is 3. The molecule has 1 N–H and O–H groups in total. The third-order valence-corrected chi connectivity index (χ3v) is 6.61. The summed E-state index contributed by atoms with van der Waals surface area (Å²) < 4.78 is 11.1. The van der Waals surface area contributed by atoms with Crippen molar-refractivity contribution in [3.63, 3.8) is 0 Å². The standard InChI is InChI=1S/C27H39N5O5/c1-18(2)15-32(25(34)23-28-21-8-6-7-9-22(21)29-23)20-14-19(24(33)30-10-12-36-13-11-30)16-31(17-20)26(35)37-27(3,4)5/h6-9,18-20H,10-17H2,1-5H3,(H,28,29). The van der Waals surface area contributed by atoms with Crippen molar-refractivity contribution in [3.05, 3.63) is 30.1 Å². The average molecular weight is 514 g/mol. The van der Waals surface area contributed by atoms with Gasteiger partial charge in [0.15, 0.2) is 5.82 Å². The first kappa shape index (κ1) is 26.9. The number of piperidine rings is 1. The first-order chi connectivity index (χ1) is 17.5. The summed E-state index contributed by atoms with van der Waals surface area (Å²) >= 11 is 0. The van der Waals surface area contributed by atoms with Crippen molar-refractivity contribution in [2.24, 2.45) is 11.8 Å². The lowest BCUT2D eigenvalue weighted by molar-refractivity contribution is -0.142. The maximum absolute atomic E-state index is 13.8. The van der Waals surface area contributed by atoms with Gasteiger partial charge in [0.25, 0.3) is 5.91 Å². The van der Waals surface area contributed by atoms with E-state index in [9.17, 15) is 14.4 Å². The zero-order valence-corrected chi connectivity index (χ0v) is 22.5. The number of likely N-dealkylation sites (tertiary alicyclic amines) is 1. The smallest absolute Gasteiger partial charge is 0.410 e. The molecule has 0 aliphatic carbocycles. The lowest BCUT2D eigenvalue weighted by Gasteiger charge is -2.44. The number of nitrogens with one attached hydrogen (secondary N) is 1. The highest BCUT2D eigenvalue weighted by Crippen LogP contribution is 2.27. The lowest BCUT2D eigenvalue weighted by Crippen LogP contribution is -2.58. The molecule has 202 valence electrons. The molecule has 2 aliphatic heterocycles. The Labute approximate surface area is 218 Å². The Balaban J connectivity index is 1.63. The van der Waals surface area contributed by atoms with E-state index < -0.39 is 17.6 Å². The average Bonchev–Trinajstić information content (AvgIpc) is 3.30. The van der Waals surface area contributed by atoms with Crippen LogP contribution in [0.1, 0.15) is 51.7 Å². The van der Waals surface area contributed by atoms with Crippen LogP contribution >= 0.6 is 0 Å².